The van der Waals surface area contributed by atoms with Crippen molar-refractivity contribution in [3.05, 3.63) is 47.5 Å². The fourth-order valence-electron chi connectivity index (χ4n) is 3.04. The highest BCUT2D eigenvalue weighted by Crippen LogP contribution is 2.31. The Kier molecular flexibility index (Phi) is 6.66. The topological polar surface area (TPSA) is 84.9 Å². The molecule has 1 aliphatic rings. The van der Waals surface area contributed by atoms with Crippen LogP contribution >= 0.6 is 11.6 Å². The molecule has 1 unspecified atom stereocenters. The number of hydrogen-bond acceptors (Lipinski definition) is 5. The first-order chi connectivity index (χ1) is 13.8. The zero-order valence-electron chi connectivity index (χ0n) is 16.2. The second-order valence-electron chi connectivity index (χ2n) is 6.65. The molecule has 1 saturated heterocycles. The molecule has 1 fully saturated rings. The highest BCUT2D eigenvalue weighted by molar-refractivity contribution is 7.89. The number of carbonyl (C=O) groups is 1. The smallest absolute Gasteiger partial charge is 0.265 e. The van der Waals surface area contributed by atoms with Crippen molar-refractivity contribution in [3.63, 3.8) is 0 Å². The molecular weight excluding hydrogens is 416 g/mol. The van der Waals surface area contributed by atoms with E-state index in [9.17, 15) is 13.2 Å². The van der Waals surface area contributed by atoms with Crippen molar-refractivity contribution < 1.29 is 22.7 Å². The molecule has 0 bridgehead atoms. The van der Waals surface area contributed by atoms with E-state index in [1.165, 1.54) is 29.6 Å². The quantitative estimate of drug-likeness (QED) is 0.714. The van der Waals surface area contributed by atoms with Crippen LogP contribution in [-0.2, 0) is 14.8 Å². The number of ether oxygens (including phenoxy) is 2. The predicted octanol–water partition coefficient (Wildman–Crippen LogP) is 3.54. The number of amides is 1. The Morgan fingerprint density at radius 1 is 1.14 bits per heavy atom. The lowest BCUT2D eigenvalue weighted by Crippen LogP contribution is -2.31. The summed E-state index contributed by atoms with van der Waals surface area (Å²) < 4.78 is 38.0. The molecule has 0 saturated carbocycles. The van der Waals surface area contributed by atoms with E-state index in [4.69, 9.17) is 21.1 Å². The van der Waals surface area contributed by atoms with Gasteiger partial charge in [0.2, 0.25) is 10.0 Å². The van der Waals surface area contributed by atoms with Crippen LogP contribution in [0.15, 0.2) is 47.4 Å². The maximum Gasteiger partial charge on any atom is 0.265 e. The largest absolute Gasteiger partial charge is 0.495 e. The number of nitrogens with one attached hydrogen (secondary N) is 1. The van der Waals surface area contributed by atoms with E-state index in [1.54, 1.807) is 31.2 Å². The predicted molar refractivity (Wildman–Crippen MR) is 111 cm³/mol. The molecular formula is C20H23ClN2O5S. The van der Waals surface area contributed by atoms with Gasteiger partial charge in [0.25, 0.3) is 5.91 Å². The number of para-hydroxylation sites is 1. The lowest BCUT2D eigenvalue weighted by molar-refractivity contribution is -0.122. The molecule has 29 heavy (non-hydrogen) atoms. The summed E-state index contributed by atoms with van der Waals surface area (Å²) in [6.45, 7) is 2.58. The minimum absolute atomic E-state index is 0.107. The molecule has 2 aromatic carbocycles. The molecule has 1 heterocycles. The van der Waals surface area contributed by atoms with Crippen LogP contribution in [0.2, 0.25) is 5.02 Å². The van der Waals surface area contributed by atoms with E-state index in [0.717, 1.165) is 12.8 Å². The highest BCUT2D eigenvalue weighted by Gasteiger charge is 2.28. The minimum Gasteiger partial charge on any atom is -0.495 e. The van der Waals surface area contributed by atoms with Gasteiger partial charge in [0.05, 0.1) is 22.7 Å². The van der Waals surface area contributed by atoms with E-state index < -0.39 is 22.0 Å². The van der Waals surface area contributed by atoms with Crippen LogP contribution in [0.1, 0.15) is 19.8 Å². The number of benzene rings is 2. The van der Waals surface area contributed by atoms with Gasteiger partial charge in [0, 0.05) is 13.1 Å². The van der Waals surface area contributed by atoms with E-state index in [-0.39, 0.29) is 10.6 Å². The molecule has 1 N–H and O–H groups in total. The molecule has 1 amide bonds. The van der Waals surface area contributed by atoms with Gasteiger partial charge in [-0.1, -0.05) is 23.7 Å². The van der Waals surface area contributed by atoms with Crippen molar-refractivity contribution in [1.82, 2.24) is 4.31 Å². The fraction of sp³-hybridized carbons (Fsp3) is 0.350. The third-order valence-electron chi connectivity index (χ3n) is 4.64. The summed E-state index contributed by atoms with van der Waals surface area (Å²) in [6, 6.07) is 11.3. The van der Waals surface area contributed by atoms with Crippen LogP contribution in [0, 0.1) is 0 Å². The normalized spacial score (nSPS) is 15.7. The Bertz CT molecular complexity index is 990. The number of carbonyl (C=O) groups excluding carboxylic acids is 1. The van der Waals surface area contributed by atoms with Crippen LogP contribution in [0.4, 0.5) is 5.69 Å². The van der Waals surface area contributed by atoms with E-state index in [2.05, 4.69) is 5.32 Å². The fourth-order valence-corrected chi connectivity index (χ4v) is 4.77. The number of rotatable bonds is 7. The van der Waals surface area contributed by atoms with Crippen LogP contribution in [-0.4, -0.2) is 44.9 Å². The van der Waals surface area contributed by atoms with Crippen LogP contribution in [0.5, 0.6) is 11.5 Å². The zero-order valence-corrected chi connectivity index (χ0v) is 17.8. The monoisotopic (exact) mass is 438 g/mol. The number of sulfonamides is 1. The highest BCUT2D eigenvalue weighted by atomic mass is 35.5. The molecule has 1 aliphatic heterocycles. The van der Waals surface area contributed by atoms with Crippen molar-refractivity contribution >= 4 is 33.2 Å². The van der Waals surface area contributed by atoms with Gasteiger partial charge in [0.1, 0.15) is 11.5 Å². The first-order valence-corrected chi connectivity index (χ1v) is 11.0. The lowest BCUT2D eigenvalue weighted by Gasteiger charge is -2.19. The van der Waals surface area contributed by atoms with Crippen molar-refractivity contribution in [3.8, 4) is 11.5 Å². The first-order valence-electron chi connectivity index (χ1n) is 9.23. The van der Waals surface area contributed by atoms with Gasteiger partial charge >= 0.3 is 0 Å². The number of nitrogens with zero attached hydrogens (tertiary/aromatic N) is 1. The molecule has 0 radical (unpaired) electrons. The lowest BCUT2D eigenvalue weighted by atomic mass is 10.2. The Balaban J connectivity index is 1.80. The third-order valence-corrected chi connectivity index (χ3v) is 6.85. The molecule has 2 aromatic rings. The Morgan fingerprint density at radius 2 is 1.83 bits per heavy atom. The molecule has 1 atom stereocenters. The van der Waals surface area contributed by atoms with Gasteiger partial charge in [-0.05, 0) is 50.1 Å². The van der Waals surface area contributed by atoms with Gasteiger partial charge in [0.15, 0.2) is 6.10 Å². The number of anilines is 1. The Morgan fingerprint density at radius 3 is 2.48 bits per heavy atom. The SMILES string of the molecule is COc1ccc(S(=O)(=O)N2CCCC2)cc1NC(=O)C(C)Oc1ccccc1Cl. The van der Waals surface area contributed by atoms with Crippen LogP contribution < -0.4 is 14.8 Å². The molecule has 0 spiro atoms. The van der Waals surface area contributed by atoms with Gasteiger partial charge < -0.3 is 14.8 Å². The summed E-state index contributed by atoms with van der Waals surface area (Å²) in [5.41, 5.74) is 0.257. The maximum absolute atomic E-state index is 12.8. The number of hydrogen-bond donors (Lipinski definition) is 1. The maximum atomic E-state index is 12.8. The average Bonchev–Trinajstić information content (AvgIpc) is 3.25. The summed E-state index contributed by atoms with van der Waals surface area (Å²) in [6.07, 6.45) is 0.824. The number of halogens is 1. The summed E-state index contributed by atoms with van der Waals surface area (Å²) in [5, 5.41) is 3.08. The van der Waals surface area contributed by atoms with Crippen molar-refractivity contribution in [2.75, 3.05) is 25.5 Å². The van der Waals surface area contributed by atoms with E-state index >= 15 is 0 Å². The zero-order chi connectivity index (χ0) is 21.0. The number of methoxy groups -OCH3 is 1. The van der Waals surface area contributed by atoms with Crippen molar-refractivity contribution in [2.24, 2.45) is 0 Å². The molecule has 7 nitrogen and oxygen atoms in total. The molecule has 3 rings (SSSR count). The van der Waals surface area contributed by atoms with E-state index in [0.29, 0.717) is 29.6 Å². The molecule has 0 aliphatic carbocycles. The van der Waals surface area contributed by atoms with Crippen molar-refractivity contribution in [1.29, 1.82) is 0 Å². The molecule has 156 valence electrons. The molecule has 9 heteroatoms. The molecule has 0 aromatic heterocycles. The Labute approximate surface area is 175 Å². The second kappa shape index (κ2) is 9.02. The Hall–Kier alpha value is -2.29. The first kappa shape index (κ1) is 21.4. The van der Waals surface area contributed by atoms with Crippen LogP contribution in [0.3, 0.4) is 0 Å². The van der Waals surface area contributed by atoms with Gasteiger partial charge in [-0.3, -0.25) is 4.79 Å². The average molecular weight is 439 g/mol. The summed E-state index contributed by atoms with van der Waals surface area (Å²) >= 11 is 6.07. The summed E-state index contributed by atoms with van der Waals surface area (Å²) in [7, 11) is -2.17. The minimum atomic E-state index is -3.62. The van der Waals surface area contributed by atoms with Crippen molar-refractivity contribution in [2.45, 2.75) is 30.8 Å². The summed E-state index contributed by atoms with van der Waals surface area (Å²) in [4.78, 5) is 12.7. The summed E-state index contributed by atoms with van der Waals surface area (Å²) in [5.74, 6) is 0.275. The van der Waals surface area contributed by atoms with Crippen LogP contribution in [0.25, 0.3) is 0 Å². The van der Waals surface area contributed by atoms with Gasteiger partial charge in [-0.15, -0.1) is 0 Å². The standard InChI is InChI=1S/C20H23ClN2O5S/c1-14(28-18-8-4-3-7-16(18)21)20(24)22-17-13-15(9-10-19(17)27-2)29(25,26)23-11-5-6-12-23/h3-4,7-10,13-14H,5-6,11-12H2,1-2H3,(H,22,24). The third kappa shape index (κ3) is 4.83. The van der Waals surface area contributed by atoms with E-state index in [1.807, 2.05) is 0 Å². The second-order valence-corrected chi connectivity index (χ2v) is 9.00. The van der Waals surface area contributed by atoms with Gasteiger partial charge in [-0.25, -0.2) is 8.42 Å². The van der Waals surface area contributed by atoms with Gasteiger partial charge in [-0.2, -0.15) is 4.31 Å².